The fourth-order valence-electron chi connectivity index (χ4n) is 2.81. The number of hydrogen-bond donors (Lipinski definition) is 2. The second kappa shape index (κ2) is 6.00. The van der Waals surface area contributed by atoms with Crippen LogP contribution in [0.5, 0.6) is 0 Å². The van der Waals surface area contributed by atoms with Crippen molar-refractivity contribution in [2.75, 3.05) is 0 Å². The molecule has 0 bridgehead atoms. The summed E-state index contributed by atoms with van der Waals surface area (Å²) in [5.41, 5.74) is 5.07. The van der Waals surface area contributed by atoms with E-state index in [4.69, 9.17) is 21.9 Å². The number of rotatable bonds is 4. The van der Waals surface area contributed by atoms with Gasteiger partial charge in [-0.05, 0) is 44.2 Å². The molecule has 4 heteroatoms. The molecule has 3 nitrogen and oxygen atoms in total. The molecule has 1 aromatic carbocycles. The Morgan fingerprint density at radius 3 is 2.95 bits per heavy atom. The molecule has 1 aliphatic carbocycles. The lowest BCUT2D eigenvalue weighted by Crippen LogP contribution is -2.28. The normalized spacial score (nSPS) is 17.2. The first-order valence-electron chi connectivity index (χ1n) is 7.10. The van der Waals surface area contributed by atoms with Crippen LogP contribution in [0.25, 0.3) is 11.0 Å². The average molecular weight is 291 g/mol. The third-order valence-corrected chi connectivity index (χ3v) is 4.21. The highest BCUT2D eigenvalue weighted by atomic mass is 35.5. The van der Waals surface area contributed by atoms with Crippen LogP contribution in [-0.2, 0) is 0 Å². The van der Waals surface area contributed by atoms with Crippen LogP contribution in [0.1, 0.15) is 43.9 Å². The lowest BCUT2D eigenvalue weighted by molar-refractivity contribution is 0.427. The summed E-state index contributed by atoms with van der Waals surface area (Å²) in [5.74, 6) is 6.56. The van der Waals surface area contributed by atoms with Gasteiger partial charge in [0.05, 0.1) is 11.1 Å². The van der Waals surface area contributed by atoms with Crippen LogP contribution in [-0.4, -0.2) is 0 Å². The van der Waals surface area contributed by atoms with Crippen LogP contribution in [0, 0.1) is 0 Å². The van der Waals surface area contributed by atoms with Gasteiger partial charge < -0.3 is 4.42 Å². The van der Waals surface area contributed by atoms with E-state index in [0.29, 0.717) is 5.02 Å². The molecule has 1 aliphatic rings. The first kappa shape index (κ1) is 13.7. The summed E-state index contributed by atoms with van der Waals surface area (Å²) in [6, 6.07) is 7.80. The fourth-order valence-corrected chi connectivity index (χ4v) is 3.03. The topological polar surface area (TPSA) is 51.2 Å². The first-order valence-corrected chi connectivity index (χ1v) is 7.47. The molecule has 1 heterocycles. The number of allylic oxidation sites excluding steroid dienone is 1. The Balaban J connectivity index is 1.87. The summed E-state index contributed by atoms with van der Waals surface area (Å²) in [6.45, 7) is 0. The number of benzene rings is 1. The number of nitrogens with one attached hydrogen (secondary N) is 1. The first-order chi connectivity index (χ1) is 9.78. The number of para-hydroxylation sites is 1. The van der Waals surface area contributed by atoms with Crippen molar-refractivity contribution in [3.05, 3.63) is 46.7 Å². The Morgan fingerprint density at radius 2 is 2.25 bits per heavy atom. The van der Waals surface area contributed by atoms with E-state index in [1.165, 1.54) is 31.3 Å². The summed E-state index contributed by atoms with van der Waals surface area (Å²) < 4.78 is 5.89. The zero-order valence-electron chi connectivity index (χ0n) is 11.4. The monoisotopic (exact) mass is 290 g/mol. The minimum absolute atomic E-state index is 0.00261. The molecule has 3 N–H and O–H groups in total. The molecule has 1 unspecified atom stereocenters. The quantitative estimate of drug-likeness (QED) is 0.496. The molecular weight excluding hydrogens is 272 g/mol. The molecule has 0 radical (unpaired) electrons. The van der Waals surface area contributed by atoms with Crippen LogP contribution in [0.4, 0.5) is 0 Å². The van der Waals surface area contributed by atoms with Gasteiger partial charge in [-0.3, -0.25) is 5.84 Å². The van der Waals surface area contributed by atoms with Crippen LogP contribution in [0.2, 0.25) is 5.02 Å². The zero-order chi connectivity index (χ0) is 13.9. The average Bonchev–Trinajstić information content (AvgIpc) is 2.91. The molecule has 0 fully saturated rings. The maximum Gasteiger partial charge on any atom is 0.152 e. The van der Waals surface area contributed by atoms with Gasteiger partial charge in [0.2, 0.25) is 0 Å². The molecular formula is C16H19ClN2O. The van der Waals surface area contributed by atoms with Crippen molar-refractivity contribution in [1.29, 1.82) is 0 Å². The fraction of sp³-hybridized carbons (Fsp3) is 0.375. The number of hydrogen-bond acceptors (Lipinski definition) is 3. The van der Waals surface area contributed by atoms with Crippen LogP contribution in [0.15, 0.2) is 40.3 Å². The number of fused-ring (bicyclic) bond motifs is 1. The van der Waals surface area contributed by atoms with Gasteiger partial charge in [0.25, 0.3) is 0 Å². The largest absolute Gasteiger partial charge is 0.458 e. The Bertz CT molecular complexity index is 632. The Hall–Kier alpha value is -1.29. The number of halogens is 1. The van der Waals surface area contributed by atoms with Crippen molar-refractivity contribution in [2.45, 2.75) is 38.1 Å². The molecule has 1 atom stereocenters. The lowest BCUT2D eigenvalue weighted by atomic mass is 9.94. The van der Waals surface area contributed by atoms with E-state index in [1.807, 2.05) is 24.3 Å². The van der Waals surface area contributed by atoms with E-state index in [1.54, 1.807) is 0 Å². The molecule has 0 saturated heterocycles. The maximum atomic E-state index is 6.15. The van der Waals surface area contributed by atoms with Gasteiger partial charge in [-0.15, -0.1) is 0 Å². The van der Waals surface area contributed by atoms with E-state index in [-0.39, 0.29) is 6.04 Å². The molecule has 1 aromatic heterocycles. The summed E-state index contributed by atoms with van der Waals surface area (Å²) in [4.78, 5) is 0. The van der Waals surface area contributed by atoms with Gasteiger partial charge in [0.1, 0.15) is 5.76 Å². The summed E-state index contributed by atoms with van der Waals surface area (Å²) in [7, 11) is 0. The van der Waals surface area contributed by atoms with Crippen molar-refractivity contribution in [3.63, 3.8) is 0 Å². The van der Waals surface area contributed by atoms with Gasteiger partial charge >= 0.3 is 0 Å². The van der Waals surface area contributed by atoms with Crippen LogP contribution in [0.3, 0.4) is 0 Å². The SMILES string of the molecule is NNC(CC1=CCCCC1)c1cc2cccc(Cl)c2o1. The van der Waals surface area contributed by atoms with Gasteiger partial charge in [-0.1, -0.05) is 35.4 Å². The van der Waals surface area contributed by atoms with E-state index in [0.717, 1.165) is 23.2 Å². The van der Waals surface area contributed by atoms with Crippen molar-refractivity contribution in [1.82, 2.24) is 5.43 Å². The van der Waals surface area contributed by atoms with Gasteiger partial charge in [-0.25, -0.2) is 5.43 Å². The molecule has 3 rings (SSSR count). The van der Waals surface area contributed by atoms with E-state index >= 15 is 0 Å². The van der Waals surface area contributed by atoms with Crippen molar-refractivity contribution >= 4 is 22.6 Å². The molecule has 0 saturated carbocycles. The Labute approximate surface area is 123 Å². The smallest absolute Gasteiger partial charge is 0.152 e. The van der Waals surface area contributed by atoms with Crippen molar-refractivity contribution < 1.29 is 4.42 Å². The molecule has 0 aliphatic heterocycles. The number of hydrazine groups is 1. The van der Waals surface area contributed by atoms with E-state index in [2.05, 4.69) is 11.5 Å². The summed E-state index contributed by atoms with van der Waals surface area (Å²) in [6.07, 6.45) is 8.15. The summed E-state index contributed by atoms with van der Waals surface area (Å²) in [5, 5.41) is 1.66. The highest BCUT2D eigenvalue weighted by Crippen LogP contribution is 2.33. The second-order valence-corrected chi connectivity index (χ2v) is 5.75. The lowest BCUT2D eigenvalue weighted by Gasteiger charge is -2.18. The zero-order valence-corrected chi connectivity index (χ0v) is 12.1. The minimum atomic E-state index is 0.00261. The molecule has 0 amide bonds. The molecule has 106 valence electrons. The van der Waals surface area contributed by atoms with Gasteiger partial charge in [0.15, 0.2) is 5.58 Å². The highest BCUT2D eigenvalue weighted by molar-refractivity contribution is 6.34. The molecule has 0 spiro atoms. The predicted octanol–water partition coefficient (Wildman–Crippen LogP) is 4.48. The minimum Gasteiger partial charge on any atom is -0.458 e. The third-order valence-electron chi connectivity index (χ3n) is 3.91. The van der Waals surface area contributed by atoms with Gasteiger partial charge in [-0.2, -0.15) is 0 Å². The second-order valence-electron chi connectivity index (χ2n) is 5.34. The van der Waals surface area contributed by atoms with Crippen molar-refractivity contribution in [2.24, 2.45) is 5.84 Å². The number of furan rings is 1. The Kier molecular flexibility index (Phi) is 4.10. The van der Waals surface area contributed by atoms with E-state index in [9.17, 15) is 0 Å². The van der Waals surface area contributed by atoms with Crippen LogP contribution < -0.4 is 11.3 Å². The maximum absolute atomic E-state index is 6.15. The molecule has 2 aromatic rings. The van der Waals surface area contributed by atoms with E-state index < -0.39 is 0 Å². The Morgan fingerprint density at radius 1 is 1.35 bits per heavy atom. The third kappa shape index (κ3) is 2.75. The summed E-state index contributed by atoms with van der Waals surface area (Å²) >= 11 is 6.15. The predicted molar refractivity (Wildman–Crippen MR) is 82.5 cm³/mol. The standard InChI is InChI=1S/C16H19ClN2O/c17-13-8-4-7-12-10-15(20-16(12)13)14(19-18)9-11-5-2-1-3-6-11/h4-5,7-8,10,14,19H,1-3,6,9,18H2. The highest BCUT2D eigenvalue weighted by Gasteiger charge is 2.18. The molecule has 20 heavy (non-hydrogen) atoms. The van der Waals surface area contributed by atoms with Crippen molar-refractivity contribution in [3.8, 4) is 0 Å². The van der Waals surface area contributed by atoms with Gasteiger partial charge in [0, 0.05) is 5.39 Å². The van der Waals surface area contributed by atoms with Crippen LogP contribution >= 0.6 is 11.6 Å². The number of nitrogens with two attached hydrogens (primary N) is 1.